The second-order valence-electron chi connectivity index (χ2n) is 7.77. The number of carbonyl (C=O) groups is 2. The summed E-state index contributed by atoms with van der Waals surface area (Å²) >= 11 is 0. The lowest BCUT2D eigenvalue weighted by Crippen LogP contribution is -2.53. The predicted molar refractivity (Wildman–Crippen MR) is 93.2 cm³/mol. The van der Waals surface area contributed by atoms with Gasteiger partial charge in [0.05, 0.1) is 0 Å². The molecule has 0 amide bonds. The van der Waals surface area contributed by atoms with Crippen LogP contribution < -0.4 is 0 Å². The van der Waals surface area contributed by atoms with E-state index in [0.717, 1.165) is 5.56 Å². The Bertz CT molecular complexity index is 688. The normalized spacial score (nSPS) is 21.6. The number of ether oxygens (including phenoxy) is 1. The third kappa shape index (κ3) is 4.04. The summed E-state index contributed by atoms with van der Waals surface area (Å²) in [5.41, 5.74) is -1.95. The molecule has 1 fully saturated rings. The highest BCUT2D eigenvalue weighted by molar-refractivity contribution is 5.85. The lowest BCUT2D eigenvalue weighted by molar-refractivity contribution is -0.181. The monoisotopic (exact) mass is 367 g/mol. The first-order chi connectivity index (χ1) is 12.0. The fourth-order valence-corrected chi connectivity index (χ4v) is 3.16. The van der Waals surface area contributed by atoms with Crippen LogP contribution in [0.5, 0.6) is 0 Å². The van der Waals surface area contributed by atoms with Crippen LogP contribution in [-0.4, -0.2) is 57.9 Å². The molecule has 1 aliphatic heterocycles. The molecule has 2 rings (SSSR count). The lowest BCUT2D eigenvalue weighted by atomic mass is 9.89. The number of carboxylic acid groups (broad SMARTS) is 1. The molecule has 0 aliphatic carbocycles. The number of esters is 1. The fourth-order valence-electron chi connectivity index (χ4n) is 3.16. The molecule has 1 aliphatic rings. The van der Waals surface area contributed by atoms with Gasteiger partial charge in [0.1, 0.15) is 11.4 Å². The second-order valence-corrected chi connectivity index (χ2v) is 7.77. The Morgan fingerprint density at radius 3 is 2.46 bits per heavy atom. The topological polar surface area (TPSA) is 87.1 Å². The van der Waals surface area contributed by atoms with E-state index in [-0.39, 0.29) is 24.3 Å². The van der Waals surface area contributed by atoms with Crippen molar-refractivity contribution in [2.24, 2.45) is 5.92 Å². The van der Waals surface area contributed by atoms with Crippen molar-refractivity contribution in [3.63, 3.8) is 0 Å². The SMILES string of the molecule is CC(C)(OC(=O)C(C)(C)N1C[C@H](CO)[C@@H](c2cccc(F)c2)C1)C(=O)O. The van der Waals surface area contributed by atoms with Crippen LogP contribution in [0.4, 0.5) is 4.39 Å². The molecule has 0 aromatic heterocycles. The van der Waals surface area contributed by atoms with Crippen molar-refractivity contribution < 1.29 is 28.9 Å². The van der Waals surface area contributed by atoms with Gasteiger partial charge in [-0.1, -0.05) is 12.1 Å². The van der Waals surface area contributed by atoms with Crippen molar-refractivity contribution in [2.75, 3.05) is 19.7 Å². The Hall–Kier alpha value is -1.99. The molecule has 2 N–H and O–H groups in total. The van der Waals surface area contributed by atoms with E-state index in [1.54, 1.807) is 26.0 Å². The van der Waals surface area contributed by atoms with Gasteiger partial charge < -0.3 is 14.9 Å². The van der Waals surface area contributed by atoms with E-state index in [9.17, 15) is 19.1 Å². The Morgan fingerprint density at radius 1 is 1.27 bits per heavy atom. The first-order valence-corrected chi connectivity index (χ1v) is 8.57. The second kappa shape index (κ2) is 7.32. The number of carboxylic acids is 1. The molecule has 26 heavy (non-hydrogen) atoms. The van der Waals surface area contributed by atoms with E-state index >= 15 is 0 Å². The van der Waals surface area contributed by atoms with E-state index in [1.165, 1.54) is 26.0 Å². The Morgan fingerprint density at radius 2 is 1.92 bits per heavy atom. The van der Waals surface area contributed by atoms with E-state index < -0.39 is 23.1 Å². The van der Waals surface area contributed by atoms with Crippen molar-refractivity contribution in [3.8, 4) is 0 Å². The van der Waals surface area contributed by atoms with Crippen LogP contribution in [0.1, 0.15) is 39.2 Å². The van der Waals surface area contributed by atoms with Gasteiger partial charge in [0.2, 0.25) is 5.60 Å². The molecule has 7 heteroatoms. The number of halogens is 1. The maximum absolute atomic E-state index is 13.6. The van der Waals surface area contributed by atoms with Crippen LogP contribution >= 0.6 is 0 Å². The molecule has 0 spiro atoms. The van der Waals surface area contributed by atoms with Crippen molar-refractivity contribution in [2.45, 2.75) is 44.8 Å². The van der Waals surface area contributed by atoms with Crippen LogP contribution in [-0.2, 0) is 14.3 Å². The molecule has 1 aromatic carbocycles. The average molecular weight is 367 g/mol. The highest BCUT2D eigenvalue weighted by atomic mass is 19.1. The van der Waals surface area contributed by atoms with Crippen molar-refractivity contribution in [3.05, 3.63) is 35.6 Å². The van der Waals surface area contributed by atoms with Crippen LogP contribution in [0, 0.1) is 11.7 Å². The average Bonchev–Trinajstić information content (AvgIpc) is 2.99. The zero-order valence-electron chi connectivity index (χ0n) is 15.5. The van der Waals surface area contributed by atoms with Crippen molar-refractivity contribution in [1.82, 2.24) is 4.90 Å². The summed E-state index contributed by atoms with van der Waals surface area (Å²) in [6.45, 7) is 6.73. The van der Waals surface area contributed by atoms with Crippen molar-refractivity contribution >= 4 is 11.9 Å². The zero-order chi connectivity index (χ0) is 19.7. The minimum Gasteiger partial charge on any atom is -0.478 e. The quantitative estimate of drug-likeness (QED) is 0.748. The number of aliphatic hydroxyl groups is 1. The molecule has 0 unspecified atom stereocenters. The Labute approximate surface area is 152 Å². The molecule has 6 nitrogen and oxygen atoms in total. The number of hydrogen-bond donors (Lipinski definition) is 2. The third-order valence-electron chi connectivity index (χ3n) is 5.11. The van der Waals surface area contributed by atoms with Crippen LogP contribution in [0.3, 0.4) is 0 Å². The van der Waals surface area contributed by atoms with E-state index in [1.807, 2.05) is 4.90 Å². The highest BCUT2D eigenvalue weighted by Crippen LogP contribution is 2.37. The summed E-state index contributed by atoms with van der Waals surface area (Å²) in [4.78, 5) is 25.7. The highest BCUT2D eigenvalue weighted by Gasteiger charge is 2.46. The number of carbonyl (C=O) groups excluding carboxylic acids is 1. The van der Waals surface area contributed by atoms with Crippen molar-refractivity contribution in [1.29, 1.82) is 0 Å². The standard InChI is InChI=1S/C19H26FNO5/c1-18(2,17(25)26-19(3,4)16(23)24)21-9-13(11-22)15(10-21)12-6-5-7-14(20)8-12/h5-8,13,15,22H,9-11H2,1-4H3,(H,23,24)/t13-,15-/m1/s1. The maximum atomic E-state index is 13.6. The molecular formula is C19H26FNO5. The van der Waals surface area contributed by atoms with Gasteiger partial charge in [-0.2, -0.15) is 0 Å². The summed E-state index contributed by atoms with van der Waals surface area (Å²) in [6, 6.07) is 6.23. The van der Waals surface area contributed by atoms with E-state index in [4.69, 9.17) is 9.84 Å². The summed E-state index contributed by atoms with van der Waals surface area (Å²) in [5, 5.41) is 18.9. The van der Waals surface area contributed by atoms with Gasteiger partial charge in [0.15, 0.2) is 0 Å². The molecule has 0 radical (unpaired) electrons. The van der Waals surface area contributed by atoms with Gasteiger partial charge in [0, 0.05) is 31.5 Å². The first-order valence-electron chi connectivity index (χ1n) is 8.57. The number of benzene rings is 1. The number of nitrogens with zero attached hydrogens (tertiary/aromatic N) is 1. The Balaban J connectivity index is 2.20. The first kappa shape index (κ1) is 20.3. The van der Waals surface area contributed by atoms with Gasteiger partial charge >= 0.3 is 11.9 Å². The molecule has 0 saturated carbocycles. The number of rotatable bonds is 6. The van der Waals surface area contributed by atoms with Gasteiger partial charge in [-0.05, 0) is 45.4 Å². The summed E-state index contributed by atoms with van der Waals surface area (Å²) in [6.07, 6.45) is 0. The van der Waals surface area contributed by atoms with E-state index in [2.05, 4.69) is 0 Å². The molecule has 1 heterocycles. The molecule has 2 atom stereocenters. The van der Waals surface area contributed by atoms with Gasteiger partial charge in [-0.3, -0.25) is 9.69 Å². The smallest absolute Gasteiger partial charge is 0.347 e. The van der Waals surface area contributed by atoms with Gasteiger partial charge in [-0.25, -0.2) is 9.18 Å². The van der Waals surface area contributed by atoms with Gasteiger partial charge in [0.25, 0.3) is 0 Å². The fraction of sp³-hybridized carbons (Fsp3) is 0.579. The molecule has 144 valence electrons. The predicted octanol–water partition coefficient (Wildman–Crippen LogP) is 2.02. The number of likely N-dealkylation sites (tertiary alicyclic amines) is 1. The minimum absolute atomic E-state index is 0.0938. The third-order valence-corrected chi connectivity index (χ3v) is 5.11. The van der Waals surface area contributed by atoms with Crippen LogP contribution in [0.25, 0.3) is 0 Å². The van der Waals surface area contributed by atoms with Gasteiger partial charge in [-0.15, -0.1) is 0 Å². The largest absolute Gasteiger partial charge is 0.478 e. The molecular weight excluding hydrogens is 341 g/mol. The number of aliphatic carboxylic acids is 1. The summed E-state index contributed by atoms with van der Waals surface area (Å²) in [7, 11) is 0. The molecule has 0 bridgehead atoms. The summed E-state index contributed by atoms with van der Waals surface area (Å²) in [5.74, 6) is -2.51. The van der Waals surface area contributed by atoms with Crippen LogP contribution in [0.15, 0.2) is 24.3 Å². The zero-order valence-corrected chi connectivity index (χ0v) is 15.5. The van der Waals surface area contributed by atoms with E-state index in [0.29, 0.717) is 13.1 Å². The lowest BCUT2D eigenvalue weighted by Gasteiger charge is -2.35. The van der Waals surface area contributed by atoms with Crippen LogP contribution in [0.2, 0.25) is 0 Å². The number of aliphatic hydroxyl groups excluding tert-OH is 1. The Kier molecular flexibility index (Phi) is 5.73. The summed E-state index contributed by atoms with van der Waals surface area (Å²) < 4.78 is 18.8. The minimum atomic E-state index is -1.63. The maximum Gasteiger partial charge on any atom is 0.347 e. The molecule has 1 aromatic rings. The number of hydrogen-bond acceptors (Lipinski definition) is 5. The molecule has 1 saturated heterocycles.